The Morgan fingerprint density at radius 1 is 1.08 bits per heavy atom. The molecule has 0 saturated carbocycles. The summed E-state index contributed by atoms with van der Waals surface area (Å²) in [6.45, 7) is 0. The fraction of sp³-hybridized carbons (Fsp3) is 0.368. The van der Waals surface area contributed by atoms with E-state index in [1.165, 1.54) is 25.0 Å². The van der Waals surface area contributed by atoms with E-state index in [4.69, 9.17) is 9.15 Å². The molecule has 2 saturated heterocycles. The van der Waals surface area contributed by atoms with Crippen LogP contribution in [0.2, 0.25) is 0 Å². The third kappa shape index (κ3) is 2.45. The van der Waals surface area contributed by atoms with Crippen LogP contribution in [0, 0.1) is 0 Å². The van der Waals surface area contributed by atoms with Gasteiger partial charge in [-0.2, -0.15) is 0 Å². The van der Waals surface area contributed by atoms with E-state index < -0.39 is 0 Å². The predicted molar refractivity (Wildman–Crippen MR) is 90.5 cm³/mol. The highest BCUT2D eigenvalue weighted by Crippen LogP contribution is 2.31. The van der Waals surface area contributed by atoms with Gasteiger partial charge in [-0.3, -0.25) is 4.79 Å². The third-order valence-corrected chi connectivity index (χ3v) is 5.06. The number of fused-ring (bicyclic) bond motifs is 4. The second-order valence-electron chi connectivity index (χ2n) is 6.82. The van der Waals surface area contributed by atoms with E-state index in [1.807, 2.05) is 18.2 Å². The van der Waals surface area contributed by atoms with Gasteiger partial charge in [0.2, 0.25) is 0 Å². The van der Waals surface area contributed by atoms with Gasteiger partial charge in [-0.05, 0) is 49.9 Å². The smallest absolute Gasteiger partial charge is 0.182 e. The van der Waals surface area contributed by atoms with Crippen LogP contribution in [-0.2, 0) is 0 Å². The van der Waals surface area contributed by atoms with Crippen LogP contribution in [0.3, 0.4) is 0 Å². The number of hydrogen-bond acceptors (Lipinski definition) is 5. The Morgan fingerprint density at radius 2 is 1.92 bits per heavy atom. The van der Waals surface area contributed by atoms with Crippen LogP contribution in [0.5, 0.6) is 5.75 Å². The summed E-state index contributed by atoms with van der Waals surface area (Å²) in [5, 5.41) is 3.62. The summed E-state index contributed by atoms with van der Waals surface area (Å²) < 4.78 is 12.0. The van der Waals surface area contributed by atoms with Crippen molar-refractivity contribution in [1.29, 1.82) is 0 Å². The Kier molecular flexibility index (Phi) is 3.10. The standard InChI is InChI=1S/C19H18N2O3/c22-13-3-5-16-18(9-13)24-19-10-14(4-6-17(19)21-16)23-15-7-11-1-2-12(8-15)20-11/h3-6,9-12,15,20H,1-2,7-8H2/t11-,12+,15?. The van der Waals surface area contributed by atoms with Gasteiger partial charge in [0.1, 0.15) is 23.1 Å². The van der Waals surface area contributed by atoms with Crippen molar-refractivity contribution in [2.45, 2.75) is 43.9 Å². The number of nitrogens with zero attached hydrogens (tertiary/aromatic N) is 1. The summed E-state index contributed by atoms with van der Waals surface area (Å²) in [5.41, 5.74) is 2.01. The molecular formula is C19H18N2O3. The molecule has 1 aromatic rings. The highest BCUT2D eigenvalue weighted by molar-refractivity contribution is 5.77. The number of benzene rings is 2. The first kappa shape index (κ1) is 14.0. The van der Waals surface area contributed by atoms with E-state index in [1.54, 1.807) is 6.07 Å². The molecule has 4 aliphatic rings. The third-order valence-electron chi connectivity index (χ3n) is 5.06. The predicted octanol–water partition coefficient (Wildman–Crippen LogP) is 2.95. The van der Waals surface area contributed by atoms with Crippen molar-refractivity contribution in [3.63, 3.8) is 0 Å². The largest absolute Gasteiger partial charge is 0.490 e. The van der Waals surface area contributed by atoms with E-state index in [2.05, 4.69) is 10.3 Å². The van der Waals surface area contributed by atoms with Crippen molar-refractivity contribution in [3.8, 4) is 17.2 Å². The molecule has 3 heterocycles. The Hall–Kier alpha value is -2.40. The summed E-state index contributed by atoms with van der Waals surface area (Å²) in [5.74, 6) is 1.31. The van der Waals surface area contributed by atoms with E-state index in [-0.39, 0.29) is 11.5 Å². The van der Waals surface area contributed by atoms with Crippen LogP contribution in [0.25, 0.3) is 22.6 Å². The number of hydrogen-bond donors (Lipinski definition) is 1. The Labute approximate surface area is 139 Å². The molecule has 3 atom stereocenters. The molecule has 1 unspecified atom stereocenters. The molecule has 2 bridgehead atoms. The lowest BCUT2D eigenvalue weighted by Gasteiger charge is -2.29. The summed E-state index contributed by atoms with van der Waals surface area (Å²) in [6.07, 6.45) is 4.88. The lowest BCUT2D eigenvalue weighted by molar-refractivity contribution is 0.137. The molecular weight excluding hydrogens is 304 g/mol. The molecule has 5 heteroatoms. The van der Waals surface area contributed by atoms with Crippen molar-refractivity contribution in [1.82, 2.24) is 10.3 Å². The zero-order valence-corrected chi connectivity index (χ0v) is 13.2. The van der Waals surface area contributed by atoms with E-state index in [0.717, 1.165) is 24.1 Å². The van der Waals surface area contributed by atoms with Gasteiger partial charge in [0.25, 0.3) is 0 Å². The lowest BCUT2D eigenvalue weighted by Crippen LogP contribution is -2.42. The summed E-state index contributed by atoms with van der Waals surface area (Å²) >= 11 is 0. The first-order valence-corrected chi connectivity index (χ1v) is 8.50. The maximum absolute atomic E-state index is 11.5. The number of aromatic nitrogens is 1. The lowest BCUT2D eigenvalue weighted by atomic mass is 10.0. The zero-order valence-electron chi connectivity index (χ0n) is 13.2. The Morgan fingerprint density at radius 3 is 2.75 bits per heavy atom. The molecule has 5 rings (SSSR count). The average Bonchev–Trinajstić information content (AvgIpc) is 2.91. The van der Waals surface area contributed by atoms with E-state index in [9.17, 15) is 4.79 Å². The number of piperidine rings is 1. The molecule has 0 radical (unpaired) electrons. The van der Waals surface area contributed by atoms with E-state index in [0.29, 0.717) is 29.1 Å². The quantitative estimate of drug-likeness (QED) is 0.735. The normalized spacial score (nSPS) is 26.1. The second kappa shape index (κ2) is 5.31. The first-order chi connectivity index (χ1) is 11.7. The van der Waals surface area contributed by atoms with Crippen molar-refractivity contribution >= 4 is 11.1 Å². The molecule has 0 amide bonds. The SMILES string of the molecule is O=c1ccc2nc3ccc(OC4C[C@H]5CC[C@@H](C4)N5)cc3oc-2c1. The molecule has 1 aromatic carbocycles. The topological polar surface area (TPSA) is 64.4 Å². The minimum atomic E-state index is -0.0787. The fourth-order valence-corrected chi connectivity index (χ4v) is 3.95. The van der Waals surface area contributed by atoms with Gasteiger partial charge in [-0.1, -0.05) is 0 Å². The van der Waals surface area contributed by atoms with Crippen molar-refractivity contribution < 1.29 is 9.15 Å². The minimum absolute atomic E-state index is 0.0787. The van der Waals surface area contributed by atoms with Gasteiger partial charge in [0.05, 0.1) is 0 Å². The number of ether oxygens (including phenoxy) is 1. The molecule has 1 aliphatic carbocycles. The Bertz CT molecular complexity index is 923. The van der Waals surface area contributed by atoms with Crippen LogP contribution in [0.1, 0.15) is 25.7 Å². The van der Waals surface area contributed by atoms with Crippen LogP contribution >= 0.6 is 0 Å². The maximum Gasteiger partial charge on any atom is 0.182 e. The molecule has 0 aromatic heterocycles. The second-order valence-corrected chi connectivity index (χ2v) is 6.82. The van der Waals surface area contributed by atoms with Gasteiger partial charge >= 0.3 is 0 Å². The average molecular weight is 322 g/mol. The molecule has 1 N–H and O–H groups in total. The van der Waals surface area contributed by atoms with Gasteiger partial charge in [-0.15, -0.1) is 0 Å². The minimum Gasteiger partial charge on any atom is -0.490 e. The van der Waals surface area contributed by atoms with Gasteiger partial charge in [0, 0.05) is 24.2 Å². The van der Waals surface area contributed by atoms with Crippen LogP contribution in [0.4, 0.5) is 0 Å². The maximum atomic E-state index is 11.5. The summed E-state index contributed by atoms with van der Waals surface area (Å²) in [6, 6.07) is 11.6. The van der Waals surface area contributed by atoms with E-state index >= 15 is 0 Å². The Balaban J connectivity index is 1.48. The molecule has 3 aliphatic heterocycles. The van der Waals surface area contributed by atoms with Crippen molar-refractivity contribution in [2.75, 3.05) is 0 Å². The molecule has 122 valence electrons. The number of nitrogens with one attached hydrogen (secondary N) is 1. The van der Waals surface area contributed by atoms with Crippen LogP contribution in [0.15, 0.2) is 45.6 Å². The fourth-order valence-electron chi connectivity index (χ4n) is 3.95. The zero-order chi connectivity index (χ0) is 16.1. The van der Waals surface area contributed by atoms with Crippen molar-refractivity contribution in [2.24, 2.45) is 0 Å². The highest BCUT2D eigenvalue weighted by atomic mass is 16.5. The highest BCUT2D eigenvalue weighted by Gasteiger charge is 2.34. The first-order valence-electron chi connectivity index (χ1n) is 8.50. The molecule has 24 heavy (non-hydrogen) atoms. The molecule has 0 spiro atoms. The van der Waals surface area contributed by atoms with Crippen LogP contribution in [-0.4, -0.2) is 23.2 Å². The number of rotatable bonds is 2. The van der Waals surface area contributed by atoms with Crippen LogP contribution < -0.4 is 15.5 Å². The van der Waals surface area contributed by atoms with Gasteiger partial charge in [-0.25, -0.2) is 4.98 Å². The molecule has 2 fully saturated rings. The van der Waals surface area contributed by atoms with Gasteiger partial charge < -0.3 is 14.5 Å². The monoisotopic (exact) mass is 322 g/mol. The molecule has 5 nitrogen and oxygen atoms in total. The summed E-state index contributed by atoms with van der Waals surface area (Å²) in [7, 11) is 0. The van der Waals surface area contributed by atoms with Gasteiger partial charge in [0.15, 0.2) is 16.8 Å². The summed E-state index contributed by atoms with van der Waals surface area (Å²) in [4.78, 5) is 16.0. The van der Waals surface area contributed by atoms with Crippen molar-refractivity contribution in [3.05, 3.63) is 46.6 Å².